The van der Waals surface area contributed by atoms with Crippen molar-refractivity contribution in [3.8, 4) is 0 Å². The third kappa shape index (κ3) is 2.71. The van der Waals surface area contributed by atoms with E-state index in [2.05, 4.69) is 0 Å². The number of rotatable bonds is 3. The van der Waals surface area contributed by atoms with Crippen LogP contribution >= 0.6 is 0 Å². The van der Waals surface area contributed by atoms with Gasteiger partial charge in [-0.2, -0.15) is 0 Å². The predicted molar refractivity (Wildman–Crippen MR) is 69.9 cm³/mol. The van der Waals surface area contributed by atoms with Crippen molar-refractivity contribution < 1.29 is 9.63 Å². The fraction of sp³-hybridized carbons (Fsp3) is 0.357. The molecule has 18 heavy (non-hydrogen) atoms. The number of hydrogen-bond donors (Lipinski definition) is 1. The summed E-state index contributed by atoms with van der Waals surface area (Å²) in [6.07, 6.45) is 3.68. The maximum atomic E-state index is 11.7. The number of benzene rings is 1. The first-order chi connectivity index (χ1) is 8.58. The second-order valence-corrected chi connectivity index (χ2v) is 4.77. The van der Waals surface area contributed by atoms with Crippen LogP contribution in [0.15, 0.2) is 30.5 Å². The zero-order valence-electron chi connectivity index (χ0n) is 10.7. The third-order valence-corrected chi connectivity index (χ3v) is 3.00. The molecule has 1 aromatic rings. The molecule has 1 aliphatic rings. The first kappa shape index (κ1) is 12.6. The number of hydrogen-bond acceptors (Lipinski definition) is 4. The number of nitrogens with zero attached hydrogens (tertiary/aromatic N) is 1. The van der Waals surface area contributed by atoms with E-state index >= 15 is 0 Å². The quantitative estimate of drug-likeness (QED) is 0.885. The molecule has 0 aromatic heterocycles. The van der Waals surface area contributed by atoms with Crippen molar-refractivity contribution in [3.63, 3.8) is 0 Å². The Morgan fingerprint density at radius 3 is 2.83 bits per heavy atom. The molecule has 0 bridgehead atoms. The van der Waals surface area contributed by atoms with Crippen molar-refractivity contribution in [3.05, 3.63) is 41.6 Å². The monoisotopic (exact) mass is 246 g/mol. The highest BCUT2D eigenvalue weighted by Gasteiger charge is 2.22. The average Bonchev–Trinajstić information content (AvgIpc) is 2.37. The molecule has 0 amide bonds. The number of carbonyl (C=O) groups excluding carboxylic acids is 1. The third-order valence-electron chi connectivity index (χ3n) is 3.00. The molecule has 4 nitrogen and oxygen atoms in total. The molecule has 1 aliphatic heterocycles. The van der Waals surface area contributed by atoms with E-state index in [0.29, 0.717) is 6.54 Å². The molecule has 0 radical (unpaired) electrons. The first-order valence-electron chi connectivity index (χ1n) is 6.08. The normalized spacial score (nSPS) is 15.4. The molecule has 4 heteroatoms. The summed E-state index contributed by atoms with van der Waals surface area (Å²) in [5, 5.41) is 1.52. The molecule has 2 rings (SSSR count). The highest BCUT2D eigenvalue weighted by molar-refractivity contribution is 5.75. The number of hydroxylamine groups is 2. The van der Waals surface area contributed by atoms with Gasteiger partial charge in [0.1, 0.15) is 6.04 Å². The molecule has 1 atom stereocenters. The Morgan fingerprint density at radius 1 is 1.39 bits per heavy atom. The molecular weight excluding hydrogens is 228 g/mol. The Balaban J connectivity index is 2.00. The lowest BCUT2D eigenvalue weighted by atomic mass is 10.1. The van der Waals surface area contributed by atoms with Crippen LogP contribution in [0.2, 0.25) is 0 Å². The topological polar surface area (TPSA) is 55.6 Å². The Morgan fingerprint density at radius 2 is 2.11 bits per heavy atom. The highest BCUT2D eigenvalue weighted by Crippen LogP contribution is 2.19. The number of carbonyl (C=O) groups is 1. The molecule has 0 saturated heterocycles. The Hall–Kier alpha value is -1.81. The molecule has 2 N–H and O–H groups in total. The minimum Gasteiger partial charge on any atom is -0.339 e. The molecular formula is C14H18N2O2. The van der Waals surface area contributed by atoms with Crippen LogP contribution in [-0.4, -0.2) is 17.1 Å². The number of fused-ring (bicyclic) bond motifs is 1. The van der Waals surface area contributed by atoms with Gasteiger partial charge in [-0.05, 0) is 23.1 Å². The van der Waals surface area contributed by atoms with Crippen LogP contribution in [0.4, 0.5) is 0 Å². The van der Waals surface area contributed by atoms with E-state index in [-0.39, 0.29) is 5.92 Å². The molecule has 1 aromatic carbocycles. The van der Waals surface area contributed by atoms with Crippen LogP contribution in [0.1, 0.15) is 25.0 Å². The molecule has 0 fully saturated rings. The fourth-order valence-electron chi connectivity index (χ4n) is 1.74. The van der Waals surface area contributed by atoms with Crippen molar-refractivity contribution in [2.24, 2.45) is 11.7 Å². The van der Waals surface area contributed by atoms with Crippen molar-refractivity contribution in [2.75, 3.05) is 0 Å². The van der Waals surface area contributed by atoms with Crippen LogP contribution in [0.3, 0.4) is 0 Å². The van der Waals surface area contributed by atoms with Gasteiger partial charge in [0.15, 0.2) is 0 Å². The molecule has 0 saturated carbocycles. The van der Waals surface area contributed by atoms with Gasteiger partial charge in [0.2, 0.25) is 0 Å². The smallest absolute Gasteiger partial charge is 0.339 e. The SMILES string of the molecule is CC(C)[C@@H](N)C(=O)ON1C=Cc2ccccc2C1. The van der Waals surface area contributed by atoms with Gasteiger partial charge >= 0.3 is 5.97 Å². The average molecular weight is 246 g/mol. The summed E-state index contributed by atoms with van der Waals surface area (Å²) in [6.45, 7) is 4.35. The lowest BCUT2D eigenvalue weighted by Gasteiger charge is -2.25. The van der Waals surface area contributed by atoms with Crippen molar-refractivity contribution in [2.45, 2.75) is 26.4 Å². The van der Waals surface area contributed by atoms with Gasteiger partial charge in [0, 0.05) is 6.20 Å². The van der Waals surface area contributed by atoms with E-state index in [1.165, 1.54) is 5.06 Å². The largest absolute Gasteiger partial charge is 0.349 e. The van der Waals surface area contributed by atoms with Gasteiger partial charge in [-0.1, -0.05) is 38.1 Å². The number of nitrogens with two attached hydrogens (primary N) is 1. The van der Waals surface area contributed by atoms with E-state index in [4.69, 9.17) is 10.6 Å². The first-order valence-corrected chi connectivity index (χ1v) is 6.08. The Bertz CT molecular complexity index is 469. The van der Waals surface area contributed by atoms with Crippen molar-refractivity contribution >= 4 is 12.0 Å². The van der Waals surface area contributed by atoms with Crippen molar-refractivity contribution in [1.29, 1.82) is 0 Å². The van der Waals surface area contributed by atoms with Gasteiger partial charge in [0.25, 0.3) is 0 Å². The Kier molecular flexibility index (Phi) is 3.67. The summed E-state index contributed by atoms with van der Waals surface area (Å²) in [4.78, 5) is 17.0. The Labute approximate surface area is 107 Å². The summed E-state index contributed by atoms with van der Waals surface area (Å²) >= 11 is 0. The predicted octanol–water partition coefficient (Wildman–Crippen LogP) is 1.91. The summed E-state index contributed by atoms with van der Waals surface area (Å²) in [5.74, 6) is -0.326. The summed E-state index contributed by atoms with van der Waals surface area (Å²) in [7, 11) is 0. The van der Waals surface area contributed by atoms with Crippen LogP contribution in [0.25, 0.3) is 6.08 Å². The van der Waals surface area contributed by atoms with E-state index < -0.39 is 12.0 Å². The minimum atomic E-state index is -0.587. The fourth-order valence-corrected chi connectivity index (χ4v) is 1.74. The van der Waals surface area contributed by atoms with Crippen LogP contribution in [0.5, 0.6) is 0 Å². The molecule has 0 spiro atoms. The highest BCUT2D eigenvalue weighted by atomic mass is 16.7. The van der Waals surface area contributed by atoms with Crippen LogP contribution < -0.4 is 5.73 Å². The summed E-state index contributed by atoms with van der Waals surface area (Å²) in [5.41, 5.74) is 8.03. The van der Waals surface area contributed by atoms with Gasteiger partial charge < -0.3 is 10.6 Å². The zero-order valence-corrected chi connectivity index (χ0v) is 10.7. The summed E-state index contributed by atoms with van der Waals surface area (Å²) < 4.78 is 0. The molecule has 0 unspecified atom stereocenters. The van der Waals surface area contributed by atoms with E-state index in [9.17, 15) is 4.79 Å². The maximum absolute atomic E-state index is 11.7. The van der Waals surface area contributed by atoms with Crippen molar-refractivity contribution in [1.82, 2.24) is 5.06 Å². The van der Waals surface area contributed by atoms with Crippen LogP contribution in [0, 0.1) is 5.92 Å². The van der Waals surface area contributed by atoms with E-state index in [1.807, 2.05) is 44.2 Å². The standard InChI is InChI=1S/C14H18N2O2/c1-10(2)13(15)14(17)18-16-8-7-11-5-3-4-6-12(11)9-16/h3-8,10,13H,9,15H2,1-2H3/t13-/m1/s1. The van der Waals surface area contributed by atoms with Gasteiger partial charge in [-0.3, -0.25) is 0 Å². The van der Waals surface area contributed by atoms with E-state index in [1.54, 1.807) is 6.20 Å². The molecule has 1 heterocycles. The second-order valence-electron chi connectivity index (χ2n) is 4.77. The second kappa shape index (κ2) is 5.23. The van der Waals surface area contributed by atoms with Gasteiger partial charge in [-0.25, -0.2) is 9.86 Å². The lowest BCUT2D eigenvalue weighted by Crippen LogP contribution is -2.40. The zero-order chi connectivity index (χ0) is 13.1. The van der Waals surface area contributed by atoms with Gasteiger partial charge in [0.05, 0.1) is 6.54 Å². The molecule has 0 aliphatic carbocycles. The maximum Gasteiger partial charge on any atom is 0.349 e. The van der Waals surface area contributed by atoms with Gasteiger partial charge in [-0.15, -0.1) is 0 Å². The van der Waals surface area contributed by atoms with E-state index in [0.717, 1.165) is 11.1 Å². The lowest BCUT2D eigenvalue weighted by molar-refractivity contribution is -0.183. The molecule has 96 valence electrons. The summed E-state index contributed by atoms with van der Waals surface area (Å²) in [6, 6.07) is 7.42. The minimum absolute atomic E-state index is 0.0681. The van der Waals surface area contributed by atoms with Crippen LogP contribution in [-0.2, 0) is 16.2 Å².